The maximum atomic E-state index is 2.38. The Labute approximate surface area is 139 Å². The topological polar surface area (TPSA) is 0 Å². The summed E-state index contributed by atoms with van der Waals surface area (Å²) in [5, 5.41) is 4.37. The summed E-state index contributed by atoms with van der Waals surface area (Å²) in [6, 6.07) is 17.7. The van der Waals surface area contributed by atoms with Gasteiger partial charge in [0.05, 0.1) is 0 Å². The highest BCUT2D eigenvalue weighted by Crippen LogP contribution is 2.47. The molecule has 0 radical (unpaired) electrons. The molecule has 0 aliphatic heterocycles. The van der Waals surface area contributed by atoms with Crippen molar-refractivity contribution < 1.29 is 0 Å². The van der Waals surface area contributed by atoms with E-state index in [1.807, 2.05) is 22.7 Å². The molecular formula is C20H16S2. The first-order valence-corrected chi connectivity index (χ1v) is 9.12. The minimum Gasteiger partial charge on any atom is -0.144 e. The third-order valence-electron chi connectivity index (χ3n) is 4.12. The van der Waals surface area contributed by atoms with Crippen LogP contribution in [0.4, 0.5) is 0 Å². The SMILES string of the molecule is Cc1ccsc1-c1cc(-c2sccc2C)c2cccccc1-2. The van der Waals surface area contributed by atoms with Gasteiger partial charge in [-0.05, 0) is 65.1 Å². The molecule has 2 aromatic rings. The van der Waals surface area contributed by atoms with Gasteiger partial charge < -0.3 is 0 Å². The third-order valence-corrected chi connectivity index (χ3v) is 6.22. The minimum absolute atomic E-state index is 1.35. The van der Waals surface area contributed by atoms with E-state index in [0.29, 0.717) is 0 Å². The van der Waals surface area contributed by atoms with Gasteiger partial charge in [-0.3, -0.25) is 0 Å². The summed E-state index contributed by atoms with van der Waals surface area (Å²) in [4.78, 5) is 2.77. The van der Waals surface area contributed by atoms with Crippen molar-refractivity contribution in [1.29, 1.82) is 0 Å². The lowest BCUT2D eigenvalue weighted by Gasteiger charge is -2.02. The first kappa shape index (κ1) is 13.7. The van der Waals surface area contributed by atoms with Gasteiger partial charge in [-0.15, -0.1) is 22.7 Å². The second kappa shape index (κ2) is 5.38. The van der Waals surface area contributed by atoms with Crippen LogP contribution < -0.4 is 0 Å². The zero-order valence-corrected chi connectivity index (χ0v) is 14.2. The molecule has 4 rings (SSSR count). The van der Waals surface area contributed by atoms with E-state index in [4.69, 9.17) is 0 Å². The van der Waals surface area contributed by atoms with Crippen LogP contribution in [0.5, 0.6) is 0 Å². The Balaban J connectivity index is 2.04. The average molecular weight is 320 g/mol. The molecule has 108 valence electrons. The van der Waals surface area contributed by atoms with Crippen LogP contribution in [0, 0.1) is 13.8 Å². The van der Waals surface area contributed by atoms with Gasteiger partial charge in [-0.2, -0.15) is 0 Å². The van der Waals surface area contributed by atoms with Crippen molar-refractivity contribution in [3.63, 3.8) is 0 Å². The Kier molecular flexibility index (Phi) is 3.36. The molecular weight excluding hydrogens is 304 g/mol. The molecule has 0 saturated carbocycles. The van der Waals surface area contributed by atoms with Crippen LogP contribution >= 0.6 is 22.7 Å². The maximum Gasteiger partial charge on any atom is 0.0378 e. The first-order valence-electron chi connectivity index (χ1n) is 7.36. The molecule has 2 heterocycles. The van der Waals surface area contributed by atoms with Crippen molar-refractivity contribution in [1.82, 2.24) is 0 Å². The zero-order chi connectivity index (χ0) is 15.1. The fourth-order valence-corrected chi connectivity index (χ4v) is 4.91. The summed E-state index contributed by atoms with van der Waals surface area (Å²) in [5.41, 5.74) is 8.13. The number of hydrogen-bond donors (Lipinski definition) is 0. The van der Waals surface area contributed by atoms with E-state index in [1.54, 1.807) is 0 Å². The molecule has 2 aromatic heterocycles. The number of hydrogen-bond acceptors (Lipinski definition) is 2. The number of fused-ring (bicyclic) bond motifs is 1. The van der Waals surface area contributed by atoms with Gasteiger partial charge >= 0.3 is 0 Å². The zero-order valence-electron chi connectivity index (χ0n) is 12.6. The van der Waals surface area contributed by atoms with Gasteiger partial charge in [0, 0.05) is 20.9 Å². The predicted octanol–water partition coefficient (Wildman–Crippen LogP) is 6.87. The molecule has 0 unspecified atom stereocenters. The van der Waals surface area contributed by atoms with Crippen LogP contribution in [0.3, 0.4) is 0 Å². The average Bonchev–Trinajstić information content (AvgIpc) is 3.14. The molecule has 2 heteroatoms. The van der Waals surface area contributed by atoms with E-state index in [9.17, 15) is 0 Å². The Morgan fingerprint density at radius 2 is 1.09 bits per heavy atom. The Morgan fingerprint density at radius 3 is 1.50 bits per heavy atom. The van der Waals surface area contributed by atoms with Gasteiger partial charge in [0.1, 0.15) is 0 Å². The lowest BCUT2D eigenvalue weighted by Crippen LogP contribution is -1.76. The lowest BCUT2D eigenvalue weighted by molar-refractivity contribution is 1.54. The van der Waals surface area contributed by atoms with Crippen molar-refractivity contribution in [2.75, 3.05) is 0 Å². The second-order valence-corrected chi connectivity index (χ2v) is 7.41. The predicted molar refractivity (Wildman–Crippen MR) is 99.2 cm³/mol. The van der Waals surface area contributed by atoms with Crippen molar-refractivity contribution in [2.24, 2.45) is 0 Å². The fraction of sp³-hybridized carbons (Fsp3) is 0.100. The number of aryl methyl sites for hydroxylation is 2. The highest BCUT2D eigenvalue weighted by atomic mass is 32.1. The molecule has 0 bridgehead atoms. The van der Waals surface area contributed by atoms with Crippen LogP contribution in [-0.4, -0.2) is 0 Å². The summed E-state index contributed by atoms with van der Waals surface area (Å²) in [6.45, 7) is 4.40. The van der Waals surface area contributed by atoms with Crippen LogP contribution in [0.2, 0.25) is 0 Å². The fourth-order valence-electron chi connectivity index (χ4n) is 2.99. The molecule has 0 nitrogen and oxygen atoms in total. The quantitative estimate of drug-likeness (QED) is 0.378. The van der Waals surface area contributed by atoms with Gasteiger partial charge in [0.25, 0.3) is 0 Å². The monoisotopic (exact) mass is 320 g/mol. The lowest BCUT2D eigenvalue weighted by atomic mass is 10.0. The highest BCUT2D eigenvalue weighted by molar-refractivity contribution is 7.14. The van der Waals surface area contributed by atoms with Crippen LogP contribution in [0.15, 0.2) is 59.3 Å². The van der Waals surface area contributed by atoms with Gasteiger partial charge in [-0.25, -0.2) is 0 Å². The molecule has 0 amide bonds. The number of thiophene rings is 2. The molecule has 0 saturated heterocycles. The normalized spacial score (nSPS) is 11.2. The van der Waals surface area contributed by atoms with Crippen molar-refractivity contribution in [2.45, 2.75) is 13.8 Å². The van der Waals surface area contributed by atoms with Crippen molar-refractivity contribution >= 4 is 22.7 Å². The van der Waals surface area contributed by atoms with E-state index in [0.717, 1.165) is 0 Å². The van der Waals surface area contributed by atoms with E-state index >= 15 is 0 Å². The molecule has 2 aliphatic rings. The summed E-state index contributed by atoms with van der Waals surface area (Å²) in [6.07, 6.45) is 0. The summed E-state index contributed by atoms with van der Waals surface area (Å²) < 4.78 is 0. The molecule has 0 fully saturated rings. The minimum atomic E-state index is 1.35. The molecule has 0 N–H and O–H groups in total. The smallest absolute Gasteiger partial charge is 0.0378 e. The standard InChI is InChI=1S/C20H16S2/c1-13-8-10-21-19(13)17-12-18(20-14(2)9-11-22-20)16-7-5-3-4-6-15(16)17/h3-12H,1-2H3. The van der Waals surface area contributed by atoms with E-state index in [-0.39, 0.29) is 0 Å². The number of rotatable bonds is 2. The van der Waals surface area contributed by atoms with Crippen LogP contribution in [-0.2, 0) is 0 Å². The van der Waals surface area contributed by atoms with Gasteiger partial charge in [0.15, 0.2) is 0 Å². The molecule has 0 atom stereocenters. The van der Waals surface area contributed by atoms with Crippen molar-refractivity contribution in [3.8, 4) is 32.0 Å². The van der Waals surface area contributed by atoms with E-state index < -0.39 is 0 Å². The highest BCUT2D eigenvalue weighted by Gasteiger charge is 2.20. The second-order valence-electron chi connectivity index (χ2n) is 5.58. The third kappa shape index (κ3) is 2.11. The Hall–Kier alpha value is -1.90. The maximum absolute atomic E-state index is 2.38. The van der Waals surface area contributed by atoms with Gasteiger partial charge in [0.2, 0.25) is 0 Å². The van der Waals surface area contributed by atoms with E-state index in [1.165, 1.54) is 43.1 Å². The molecule has 0 aromatic carbocycles. The largest absolute Gasteiger partial charge is 0.144 e. The first-order chi connectivity index (χ1) is 10.8. The van der Waals surface area contributed by atoms with Gasteiger partial charge in [-0.1, -0.05) is 30.3 Å². The van der Waals surface area contributed by atoms with E-state index in [2.05, 4.69) is 73.1 Å². The van der Waals surface area contributed by atoms with Crippen LogP contribution in [0.25, 0.3) is 32.0 Å². The molecule has 2 aliphatic carbocycles. The summed E-state index contributed by atoms with van der Waals surface area (Å²) in [5.74, 6) is 0. The molecule has 0 spiro atoms. The van der Waals surface area contributed by atoms with Crippen LogP contribution in [0.1, 0.15) is 11.1 Å². The molecule has 22 heavy (non-hydrogen) atoms. The Bertz CT molecular complexity index is 839. The summed E-state index contributed by atoms with van der Waals surface area (Å²) >= 11 is 3.66. The van der Waals surface area contributed by atoms with Crippen molar-refractivity contribution in [3.05, 3.63) is 70.4 Å². The Morgan fingerprint density at radius 1 is 0.591 bits per heavy atom. The summed E-state index contributed by atoms with van der Waals surface area (Å²) in [7, 11) is 0.